The van der Waals surface area contributed by atoms with Gasteiger partial charge in [-0.2, -0.15) is 0 Å². The van der Waals surface area contributed by atoms with Crippen molar-refractivity contribution in [3.8, 4) is 23.0 Å². The third kappa shape index (κ3) is 4.16. The van der Waals surface area contributed by atoms with Gasteiger partial charge in [0.05, 0.1) is 32.9 Å². The lowest BCUT2D eigenvalue weighted by atomic mass is 9.89. The fraction of sp³-hybridized carbons (Fsp3) is 0.214. The van der Waals surface area contributed by atoms with Crippen molar-refractivity contribution in [1.29, 1.82) is 0 Å². The van der Waals surface area contributed by atoms with Gasteiger partial charge >= 0.3 is 0 Å². The standard InChI is InChI=1S/C28H25NO7/c1-33-23-11-9-19(14-25(23)34-2)16-29-22-6-4-3-5-21(22)28(32,27(29)31)15-20(30)10-7-18-8-12-24-26(13-18)36-17-35-24/h3-14,32H,15-17H2,1-2H3. The van der Waals surface area contributed by atoms with Crippen molar-refractivity contribution in [2.75, 3.05) is 25.9 Å². The van der Waals surface area contributed by atoms with Crippen molar-refractivity contribution in [3.05, 3.63) is 83.4 Å². The zero-order valence-electron chi connectivity index (χ0n) is 19.9. The van der Waals surface area contributed by atoms with E-state index in [2.05, 4.69) is 0 Å². The summed E-state index contributed by atoms with van der Waals surface area (Å²) in [5, 5.41) is 11.5. The summed E-state index contributed by atoms with van der Waals surface area (Å²) < 4.78 is 21.3. The van der Waals surface area contributed by atoms with Crippen LogP contribution in [0.25, 0.3) is 6.08 Å². The van der Waals surface area contributed by atoms with Crippen molar-refractivity contribution in [2.24, 2.45) is 0 Å². The molecule has 0 aliphatic carbocycles. The Morgan fingerprint density at radius 1 is 1.03 bits per heavy atom. The Kier molecular flexibility index (Phi) is 6.12. The predicted molar refractivity (Wildman–Crippen MR) is 132 cm³/mol. The third-order valence-corrected chi connectivity index (χ3v) is 6.32. The fourth-order valence-electron chi connectivity index (χ4n) is 4.51. The third-order valence-electron chi connectivity index (χ3n) is 6.32. The minimum Gasteiger partial charge on any atom is -0.493 e. The predicted octanol–water partition coefficient (Wildman–Crippen LogP) is 3.84. The number of hydrogen-bond acceptors (Lipinski definition) is 7. The first-order chi connectivity index (χ1) is 17.4. The lowest BCUT2D eigenvalue weighted by Crippen LogP contribution is -2.41. The lowest BCUT2D eigenvalue weighted by molar-refractivity contribution is -0.140. The van der Waals surface area contributed by atoms with Gasteiger partial charge in [0, 0.05) is 5.56 Å². The summed E-state index contributed by atoms with van der Waals surface area (Å²) in [7, 11) is 3.09. The number of aliphatic hydroxyl groups is 1. The number of hydrogen-bond donors (Lipinski definition) is 1. The molecular formula is C28H25NO7. The fourth-order valence-corrected chi connectivity index (χ4v) is 4.51. The molecular weight excluding hydrogens is 462 g/mol. The minimum atomic E-state index is -1.97. The van der Waals surface area contributed by atoms with Crippen LogP contribution in [0.4, 0.5) is 5.69 Å². The normalized spacial score (nSPS) is 18.0. The molecule has 2 aliphatic heterocycles. The Morgan fingerprint density at radius 3 is 2.61 bits per heavy atom. The number of methoxy groups -OCH3 is 2. The molecule has 8 heteroatoms. The molecule has 1 N–H and O–H groups in total. The molecule has 0 radical (unpaired) electrons. The molecule has 5 rings (SSSR count). The number of ketones is 1. The first-order valence-electron chi connectivity index (χ1n) is 11.4. The zero-order valence-corrected chi connectivity index (χ0v) is 19.9. The Labute approximate surface area is 208 Å². The Morgan fingerprint density at radius 2 is 1.81 bits per heavy atom. The number of amides is 1. The van der Waals surface area contributed by atoms with Gasteiger partial charge in [0.1, 0.15) is 0 Å². The molecule has 0 saturated heterocycles. The van der Waals surface area contributed by atoms with Crippen molar-refractivity contribution in [1.82, 2.24) is 0 Å². The van der Waals surface area contributed by atoms with E-state index in [0.29, 0.717) is 34.2 Å². The Balaban J connectivity index is 1.37. The maximum absolute atomic E-state index is 13.5. The second kappa shape index (κ2) is 9.39. The Hall–Kier alpha value is -4.30. The van der Waals surface area contributed by atoms with Gasteiger partial charge < -0.3 is 29.0 Å². The van der Waals surface area contributed by atoms with E-state index in [1.807, 2.05) is 6.07 Å². The molecule has 0 bridgehead atoms. The lowest BCUT2D eigenvalue weighted by Gasteiger charge is -2.22. The van der Waals surface area contributed by atoms with Crippen molar-refractivity contribution in [2.45, 2.75) is 18.6 Å². The second-order valence-electron chi connectivity index (χ2n) is 8.55. The average Bonchev–Trinajstić information content (AvgIpc) is 3.44. The monoisotopic (exact) mass is 487 g/mol. The summed E-state index contributed by atoms with van der Waals surface area (Å²) in [6, 6.07) is 17.7. The molecule has 1 atom stereocenters. The van der Waals surface area contributed by atoms with Gasteiger partial charge in [-0.1, -0.05) is 36.4 Å². The van der Waals surface area contributed by atoms with Crippen molar-refractivity contribution < 1.29 is 33.6 Å². The van der Waals surface area contributed by atoms with E-state index in [1.165, 1.54) is 11.0 Å². The largest absolute Gasteiger partial charge is 0.493 e. The smallest absolute Gasteiger partial charge is 0.264 e. The van der Waals surface area contributed by atoms with Crippen LogP contribution in [0.2, 0.25) is 0 Å². The van der Waals surface area contributed by atoms with E-state index < -0.39 is 11.5 Å². The number of nitrogens with zero attached hydrogens (tertiary/aromatic N) is 1. The molecule has 0 spiro atoms. The summed E-state index contributed by atoms with van der Waals surface area (Å²) in [4.78, 5) is 27.9. The maximum atomic E-state index is 13.5. The quantitative estimate of drug-likeness (QED) is 0.483. The van der Waals surface area contributed by atoms with Crippen molar-refractivity contribution in [3.63, 3.8) is 0 Å². The number of para-hydroxylation sites is 1. The molecule has 2 aliphatic rings. The van der Waals surface area contributed by atoms with E-state index in [9.17, 15) is 14.7 Å². The van der Waals surface area contributed by atoms with Crippen LogP contribution in [-0.2, 0) is 21.7 Å². The first-order valence-corrected chi connectivity index (χ1v) is 11.4. The summed E-state index contributed by atoms with van der Waals surface area (Å²) in [6.07, 6.45) is 2.61. The number of fused-ring (bicyclic) bond motifs is 2. The Bertz CT molecular complexity index is 1370. The number of rotatable bonds is 8. The first kappa shape index (κ1) is 23.4. The van der Waals surface area contributed by atoms with E-state index in [0.717, 1.165) is 11.1 Å². The summed E-state index contributed by atoms with van der Waals surface area (Å²) in [5.74, 6) is 1.43. The van der Waals surface area contributed by atoms with Gasteiger partial charge in [-0.3, -0.25) is 9.59 Å². The van der Waals surface area contributed by atoms with Gasteiger partial charge in [-0.15, -0.1) is 0 Å². The molecule has 184 valence electrons. The SMILES string of the molecule is COc1ccc(CN2C(=O)C(O)(CC(=O)C=Cc3ccc4c(c3)OCO4)c3ccccc32)cc1OC. The van der Waals surface area contributed by atoms with Gasteiger partial charge in [0.2, 0.25) is 6.79 Å². The maximum Gasteiger partial charge on any atom is 0.264 e. The van der Waals surface area contributed by atoms with Crippen LogP contribution < -0.4 is 23.8 Å². The molecule has 36 heavy (non-hydrogen) atoms. The molecule has 1 amide bonds. The van der Waals surface area contributed by atoms with Crippen LogP contribution in [0, 0.1) is 0 Å². The van der Waals surface area contributed by atoms with E-state index in [4.69, 9.17) is 18.9 Å². The summed E-state index contributed by atoms with van der Waals surface area (Å²) >= 11 is 0. The average molecular weight is 488 g/mol. The highest BCUT2D eigenvalue weighted by atomic mass is 16.7. The van der Waals surface area contributed by atoms with Crippen LogP contribution in [0.5, 0.6) is 23.0 Å². The highest BCUT2D eigenvalue weighted by Gasteiger charge is 2.50. The number of carbonyl (C=O) groups is 2. The van der Waals surface area contributed by atoms with Gasteiger partial charge in [-0.25, -0.2) is 0 Å². The molecule has 0 saturated carbocycles. The van der Waals surface area contributed by atoms with E-state index in [1.54, 1.807) is 74.9 Å². The zero-order chi connectivity index (χ0) is 25.3. The number of anilines is 1. The molecule has 3 aromatic carbocycles. The van der Waals surface area contributed by atoms with E-state index in [-0.39, 0.29) is 25.5 Å². The molecule has 2 heterocycles. The number of ether oxygens (including phenoxy) is 4. The van der Waals surface area contributed by atoms with Crippen LogP contribution in [0.3, 0.4) is 0 Å². The van der Waals surface area contributed by atoms with Crippen LogP contribution in [-0.4, -0.2) is 37.8 Å². The number of benzene rings is 3. The van der Waals surface area contributed by atoms with Gasteiger partial charge in [0.25, 0.3) is 5.91 Å². The molecule has 0 fully saturated rings. The summed E-state index contributed by atoms with van der Waals surface area (Å²) in [5.41, 5.74) is 0.526. The minimum absolute atomic E-state index is 0.162. The summed E-state index contributed by atoms with van der Waals surface area (Å²) in [6.45, 7) is 0.357. The van der Waals surface area contributed by atoms with Crippen LogP contribution in [0.15, 0.2) is 66.7 Å². The van der Waals surface area contributed by atoms with Crippen LogP contribution >= 0.6 is 0 Å². The molecule has 8 nitrogen and oxygen atoms in total. The molecule has 1 unspecified atom stereocenters. The molecule has 3 aromatic rings. The van der Waals surface area contributed by atoms with Crippen molar-refractivity contribution >= 4 is 23.5 Å². The second-order valence-corrected chi connectivity index (χ2v) is 8.55. The van der Waals surface area contributed by atoms with Crippen LogP contribution in [0.1, 0.15) is 23.1 Å². The van der Waals surface area contributed by atoms with Gasteiger partial charge in [-0.05, 0) is 47.5 Å². The molecule has 0 aromatic heterocycles. The highest BCUT2D eigenvalue weighted by Crippen LogP contribution is 2.43. The highest BCUT2D eigenvalue weighted by molar-refractivity contribution is 6.10. The topological polar surface area (TPSA) is 94.5 Å². The van der Waals surface area contributed by atoms with E-state index >= 15 is 0 Å². The number of carbonyl (C=O) groups excluding carboxylic acids is 2. The number of allylic oxidation sites excluding steroid dienone is 1. The van der Waals surface area contributed by atoms with Gasteiger partial charge in [0.15, 0.2) is 34.4 Å².